The molecule has 2 aromatic heterocycles. The lowest BCUT2D eigenvalue weighted by Gasteiger charge is -2.03. The number of hydrogen-bond donors (Lipinski definition) is 1. The van der Waals surface area contributed by atoms with Gasteiger partial charge in [-0.3, -0.25) is 9.59 Å². The van der Waals surface area contributed by atoms with Crippen LogP contribution in [0, 0.1) is 0 Å². The smallest absolute Gasteiger partial charge is 0.308 e. The maximum absolute atomic E-state index is 11.7. The monoisotopic (exact) mass is 280 g/mol. The van der Waals surface area contributed by atoms with Gasteiger partial charge in [-0.2, -0.15) is 0 Å². The Hall–Kier alpha value is -1.69. The predicted molar refractivity (Wildman–Crippen MR) is 74.9 cm³/mol. The summed E-state index contributed by atoms with van der Waals surface area (Å²) in [6, 6.07) is 1.52. The van der Waals surface area contributed by atoms with Crippen LogP contribution in [0.3, 0.4) is 0 Å². The molecule has 19 heavy (non-hydrogen) atoms. The third-order valence-electron chi connectivity index (χ3n) is 2.79. The molecule has 0 bridgehead atoms. The normalized spacial score (nSPS) is 12.6. The topological polar surface area (TPSA) is 72.0 Å². The highest BCUT2D eigenvalue weighted by Crippen LogP contribution is 2.29. The van der Waals surface area contributed by atoms with E-state index in [4.69, 9.17) is 4.74 Å². The van der Waals surface area contributed by atoms with Crippen LogP contribution in [0.2, 0.25) is 0 Å². The second-order valence-electron chi connectivity index (χ2n) is 4.51. The number of nitrogens with zero attached hydrogens (tertiary/aromatic N) is 1. The first kappa shape index (κ1) is 13.7. The van der Waals surface area contributed by atoms with Gasteiger partial charge in [0.25, 0.3) is 5.56 Å². The van der Waals surface area contributed by atoms with Crippen molar-refractivity contribution in [1.82, 2.24) is 9.97 Å². The molecule has 5 nitrogen and oxygen atoms in total. The average molecular weight is 280 g/mol. The van der Waals surface area contributed by atoms with E-state index >= 15 is 0 Å². The molecule has 0 fully saturated rings. The van der Waals surface area contributed by atoms with Gasteiger partial charge in [0, 0.05) is 18.9 Å². The van der Waals surface area contributed by atoms with E-state index in [9.17, 15) is 9.59 Å². The summed E-state index contributed by atoms with van der Waals surface area (Å²) in [5.41, 5.74) is 0.264. The molecule has 0 aliphatic carbocycles. The van der Waals surface area contributed by atoms with Crippen LogP contribution in [0.15, 0.2) is 10.9 Å². The lowest BCUT2D eigenvalue weighted by molar-refractivity contribution is -0.131. The minimum atomic E-state index is -0.514. The lowest BCUT2D eigenvalue weighted by Crippen LogP contribution is -2.13. The van der Waals surface area contributed by atoms with Gasteiger partial charge in [0.2, 0.25) is 0 Å². The van der Waals surface area contributed by atoms with E-state index in [-0.39, 0.29) is 5.75 Å². The van der Waals surface area contributed by atoms with Crippen LogP contribution in [0.4, 0.5) is 0 Å². The molecule has 0 aromatic carbocycles. The zero-order valence-corrected chi connectivity index (χ0v) is 12.0. The zero-order valence-electron chi connectivity index (χ0n) is 11.1. The summed E-state index contributed by atoms with van der Waals surface area (Å²) >= 11 is 1.48. The van der Waals surface area contributed by atoms with E-state index in [1.807, 2.05) is 0 Å². The Labute approximate surface area is 114 Å². The van der Waals surface area contributed by atoms with Gasteiger partial charge in [-0.15, -0.1) is 11.3 Å². The Kier molecular flexibility index (Phi) is 3.99. The number of nitrogens with one attached hydrogen (secondary N) is 1. The van der Waals surface area contributed by atoms with E-state index in [0.717, 1.165) is 22.7 Å². The highest BCUT2D eigenvalue weighted by atomic mass is 32.1. The first-order valence-electron chi connectivity index (χ1n) is 6.23. The Morgan fingerprint density at radius 1 is 1.58 bits per heavy atom. The number of pyridine rings is 1. The van der Waals surface area contributed by atoms with Crippen LogP contribution >= 0.6 is 11.3 Å². The van der Waals surface area contributed by atoms with Gasteiger partial charge in [0.05, 0.1) is 5.01 Å². The number of rotatable bonds is 4. The maximum atomic E-state index is 11.7. The summed E-state index contributed by atoms with van der Waals surface area (Å²) < 4.78 is 4.85. The second-order valence-corrected chi connectivity index (χ2v) is 5.54. The van der Waals surface area contributed by atoms with Crippen LogP contribution in [0.5, 0.6) is 5.75 Å². The molecule has 0 amide bonds. The molecule has 0 radical (unpaired) electrons. The fraction of sp³-hybridized carbons (Fsp3) is 0.462. The lowest BCUT2D eigenvalue weighted by atomic mass is 10.1. The van der Waals surface area contributed by atoms with E-state index in [0.29, 0.717) is 11.4 Å². The number of aromatic nitrogens is 2. The van der Waals surface area contributed by atoms with Crippen LogP contribution < -0.4 is 10.3 Å². The molecular formula is C13H16N2O3S. The van der Waals surface area contributed by atoms with Crippen LogP contribution in [0.1, 0.15) is 44.5 Å². The Morgan fingerprint density at radius 3 is 2.95 bits per heavy atom. The number of ether oxygens (including phenoxy) is 1. The van der Waals surface area contributed by atoms with E-state index in [1.165, 1.54) is 24.3 Å². The highest BCUT2D eigenvalue weighted by molar-refractivity contribution is 7.18. The summed E-state index contributed by atoms with van der Waals surface area (Å²) in [5.74, 6) is -0.150. The van der Waals surface area contributed by atoms with Crippen molar-refractivity contribution in [3.05, 3.63) is 21.4 Å². The number of carbonyl (C=O) groups excluding carboxylic acids is 1. The molecule has 6 heteroatoms. The van der Waals surface area contributed by atoms with Crippen LogP contribution in [-0.2, 0) is 4.79 Å². The van der Waals surface area contributed by atoms with Crippen molar-refractivity contribution in [2.45, 2.75) is 39.5 Å². The number of aromatic amines is 1. The van der Waals surface area contributed by atoms with E-state index in [2.05, 4.69) is 23.8 Å². The third-order valence-corrected chi connectivity index (χ3v) is 4.00. The van der Waals surface area contributed by atoms with Crippen molar-refractivity contribution >= 4 is 27.7 Å². The molecule has 0 saturated carbocycles. The molecule has 2 rings (SSSR count). The van der Waals surface area contributed by atoms with Gasteiger partial charge in [0.15, 0.2) is 5.75 Å². The molecule has 1 atom stereocenters. The zero-order chi connectivity index (χ0) is 14.0. The Balaban J connectivity index is 2.43. The molecule has 102 valence electrons. The van der Waals surface area contributed by atoms with Gasteiger partial charge in [-0.05, 0) is 6.42 Å². The van der Waals surface area contributed by atoms with Crippen molar-refractivity contribution < 1.29 is 9.53 Å². The Morgan fingerprint density at radius 2 is 2.32 bits per heavy atom. The molecule has 0 saturated heterocycles. The van der Waals surface area contributed by atoms with Gasteiger partial charge >= 0.3 is 5.97 Å². The fourth-order valence-corrected chi connectivity index (χ4v) is 2.91. The summed E-state index contributed by atoms with van der Waals surface area (Å²) in [6.07, 6.45) is 2.15. The molecular weight excluding hydrogens is 264 g/mol. The first-order chi connectivity index (χ1) is 9.01. The van der Waals surface area contributed by atoms with Crippen LogP contribution in [0.25, 0.3) is 10.3 Å². The predicted octanol–water partition coefficient (Wildman–Crippen LogP) is 2.81. The molecule has 1 N–H and O–H groups in total. The summed E-state index contributed by atoms with van der Waals surface area (Å²) in [7, 11) is 0. The summed E-state index contributed by atoms with van der Waals surface area (Å²) in [6.45, 7) is 5.51. The number of carbonyl (C=O) groups is 1. The van der Waals surface area contributed by atoms with E-state index < -0.39 is 11.5 Å². The highest BCUT2D eigenvalue weighted by Gasteiger charge is 2.14. The van der Waals surface area contributed by atoms with Crippen molar-refractivity contribution in [2.24, 2.45) is 0 Å². The minimum Gasteiger partial charge on any atom is -0.421 e. The maximum Gasteiger partial charge on any atom is 0.308 e. The van der Waals surface area contributed by atoms with Crippen molar-refractivity contribution in [1.29, 1.82) is 0 Å². The second kappa shape index (κ2) is 5.52. The molecule has 2 heterocycles. The average Bonchev–Trinajstić information content (AvgIpc) is 2.72. The summed E-state index contributed by atoms with van der Waals surface area (Å²) in [4.78, 5) is 30.5. The summed E-state index contributed by atoms with van der Waals surface area (Å²) in [5, 5.41) is 0.993. The number of hydrogen-bond acceptors (Lipinski definition) is 5. The minimum absolute atomic E-state index is 0.00000501. The third kappa shape index (κ3) is 3.01. The molecule has 0 spiro atoms. The van der Waals surface area contributed by atoms with Gasteiger partial charge in [-0.1, -0.05) is 20.3 Å². The quantitative estimate of drug-likeness (QED) is 0.874. The molecule has 2 aromatic rings. The molecule has 0 aliphatic rings. The van der Waals surface area contributed by atoms with Crippen molar-refractivity contribution in [3.63, 3.8) is 0 Å². The van der Waals surface area contributed by atoms with Crippen LogP contribution in [-0.4, -0.2) is 15.9 Å². The van der Waals surface area contributed by atoms with Gasteiger partial charge in [-0.25, -0.2) is 4.98 Å². The number of esters is 1. The SMILES string of the molecule is CCCC(C)c1nc2cc(OC(C)=O)c(=O)[nH]c2s1. The van der Waals surface area contributed by atoms with Gasteiger partial charge in [0.1, 0.15) is 10.3 Å². The Bertz CT molecular complexity index is 659. The van der Waals surface area contributed by atoms with Crippen molar-refractivity contribution in [2.75, 3.05) is 0 Å². The number of thiazole rings is 1. The molecule has 1 unspecified atom stereocenters. The standard InChI is InChI=1S/C13H16N2O3S/c1-4-5-7(2)12-14-9-6-10(18-8(3)16)11(17)15-13(9)19-12/h6-7H,4-5H2,1-3H3,(H,15,17). The van der Waals surface area contributed by atoms with E-state index in [1.54, 1.807) is 0 Å². The van der Waals surface area contributed by atoms with Crippen molar-refractivity contribution in [3.8, 4) is 5.75 Å². The first-order valence-corrected chi connectivity index (χ1v) is 7.05. The largest absolute Gasteiger partial charge is 0.421 e. The molecule has 0 aliphatic heterocycles. The number of fused-ring (bicyclic) bond motifs is 1. The fourth-order valence-electron chi connectivity index (χ4n) is 1.89. The van der Waals surface area contributed by atoms with Gasteiger partial charge < -0.3 is 9.72 Å². The number of H-pyrrole nitrogens is 1.